The Morgan fingerprint density at radius 3 is 2.36 bits per heavy atom. The SMILES string of the molecule is CC(C)[C@@H](CO)NCC(=O)NC(N)=O. The van der Waals surface area contributed by atoms with Gasteiger partial charge in [-0.15, -0.1) is 0 Å². The van der Waals surface area contributed by atoms with Gasteiger partial charge in [0.05, 0.1) is 13.2 Å². The van der Waals surface area contributed by atoms with E-state index in [4.69, 9.17) is 10.8 Å². The molecule has 0 aromatic heterocycles. The van der Waals surface area contributed by atoms with Crippen LogP contribution in [0.3, 0.4) is 0 Å². The summed E-state index contributed by atoms with van der Waals surface area (Å²) in [4.78, 5) is 21.2. The van der Waals surface area contributed by atoms with Crippen molar-refractivity contribution in [2.45, 2.75) is 19.9 Å². The second-order valence-corrected chi connectivity index (χ2v) is 3.33. The normalized spacial score (nSPS) is 12.6. The second kappa shape index (κ2) is 6.33. The van der Waals surface area contributed by atoms with E-state index >= 15 is 0 Å². The van der Waals surface area contributed by atoms with Crippen LogP contribution in [0, 0.1) is 5.92 Å². The number of hydrogen-bond donors (Lipinski definition) is 4. The van der Waals surface area contributed by atoms with E-state index in [0.717, 1.165) is 0 Å². The van der Waals surface area contributed by atoms with Gasteiger partial charge in [0, 0.05) is 6.04 Å². The molecule has 82 valence electrons. The van der Waals surface area contributed by atoms with Gasteiger partial charge in [-0.05, 0) is 5.92 Å². The molecule has 0 bridgehead atoms. The Kier molecular flexibility index (Phi) is 5.82. The first-order chi connectivity index (χ1) is 6.47. The van der Waals surface area contributed by atoms with Gasteiger partial charge in [0.15, 0.2) is 0 Å². The first-order valence-electron chi connectivity index (χ1n) is 4.41. The summed E-state index contributed by atoms with van der Waals surface area (Å²) in [6, 6.07) is -1.03. The smallest absolute Gasteiger partial charge is 0.318 e. The number of carbonyl (C=O) groups is 2. The Morgan fingerprint density at radius 1 is 1.43 bits per heavy atom. The highest BCUT2D eigenvalue weighted by molar-refractivity contribution is 5.94. The third-order valence-electron chi connectivity index (χ3n) is 1.79. The standard InChI is InChI=1S/C8H17N3O3/c1-5(2)6(4-12)10-3-7(13)11-8(9)14/h5-6,10,12H,3-4H2,1-2H3,(H3,9,11,13,14)/t6-/m1/s1. The van der Waals surface area contributed by atoms with Gasteiger partial charge in [-0.3, -0.25) is 10.1 Å². The predicted molar refractivity (Wildman–Crippen MR) is 51.4 cm³/mol. The van der Waals surface area contributed by atoms with Crippen LogP contribution in [0.15, 0.2) is 0 Å². The molecule has 3 amide bonds. The van der Waals surface area contributed by atoms with Crippen LogP contribution in [-0.2, 0) is 4.79 Å². The molecule has 0 fully saturated rings. The van der Waals surface area contributed by atoms with Gasteiger partial charge < -0.3 is 16.2 Å². The van der Waals surface area contributed by atoms with Crippen LogP contribution >= 0.6 is 0 Å². The molecule has 0 heterocycles. The lowest BCUT2D eigenvalue weighted by molar-refractivity contribution is -0.119. The molecule has 0 rings (SSSR count). The summed E-state index contributed by atoms with van der Waals surface area (Å²) in [6.07, 6.45) is 0. The average molecular weight is 203 g/mol. The van der Waals surface area contributed by atoms with E-state index in [1.165, 1.54) is 0 Å². The predicted octanol–water partition coefficient (Wildman–Crippen LogP) is -1.21. The second-order valence-electron chi connectivity index (χ2n) is 3.33. The Labute approximate surface area is 82.9 Å². The minimum atomic E-state index is -0.873. The van der Waals surface area contributed by atoms with Crippen molar-refractivity contribution in [2.24, 2.45) is 11.7 Å². The zero-order valence-electron chi connectivity index (χ0n) is 8.41. The van der Waals surface area contributed by atoms with E-state index in [1.54, 1.807) is 0 Å². The van der Waals surface area contributed by atoms with E-state index in [1.807, 2.05) is 19.2 Å². The van der Waals surface area contributed by atoms with Crippen LogP contribution < -0.4 is 16.4 Å². The molecule has 0 aromatic rings. The molecule has 5 N–H and O–H groups in total. The monoisotopic (exact) mass is 203 g/mol. The Bertz CT molecular complexity index is 206. The summed E-state index contributed by atoms with van der Waals surface area (Å²) in [7, 11) is 0. The molecule has 0 saturated heterocycles. The Hall–Kier alpha value is -1.14. The van der Waals surface area contributed by atoms with Crippen molar-refractivity contribution < 1.29 is 14.7 Å². The fourth-order valence-electron chi connectivity index (χ4n) is 0.916. The number of urea groups is 1. The van der Waals surface area contributed by atoms with E-state index in [9.17, 15) is 9.59 Å². The molecular formula is C8H17N3O3. The number of primary amides is 1. The number of nitrogens with one attached hydrogen (secondary N) is 2. The average Bonchev–Trinajstić information content (AvgIpc) is 2.03. The molecule has 6 heteroatoms. The summed E-state index contributed by atoms with van der Waals surface area (Å²) in [5, 5.41) is 13.6. The summed E-state index contributed by atoms with van der Waals surface area (Å²) in [5.41, 5.74) is 4.74. The Morgan fingerprint density at radius 2 is 2.00 bits per heavy atom. The highest BCUT2D eigenvalue weighted by Crippen LogP contribution is 1.99. The number of nitrogens with two attached hydrogens (primary N) is 1. The van der Waals surface area contributed by atoms with E-state index in [2.05, 4.69) is 5.32 Å². The molecule has 6 nitrogen and oxygen atoms in total. The van der Waals surface area contributed by atoms with Crippen molar-refractivity contribution in [1.82, 2.24) is 10.6 Å². The number of aliphatic hydroxyl groups is 1. The lowest BCUT2D eigenvalue weighted by atomic mass is 10.1. The van der Waals surface area contributed by atoms with Crippen molar-refractivity contribution in [1.29, 1.82) is 0 Å². The van der Waals surface area contributed by atoms with Crippen molar-refractivity contribution in [2.75, 3.05) is 13.2 Å². The van der Waals surface area contributed by atoms with Crippen LogP contribution in [0.1, 0.15) is 13.8 Å². The Balaban J connectivity index is 3.79. The minimum absolute atomic E-state index is 0.0354. The first-order valence-corrected chi connectivity index (χ1v) is 4.41. The molecule has 0 aliphatic heterocycles. The quantitative estimate of drug-likeness (QED) is 0.450. The highest BCUT2D eigenvalue weighted by Gasteiger charge is 2.13. The number of imide groups is 1. The molecule has 1 atom stereocenters. The third kappa shape index (κ3) is 5.50. The minimum Gasteiger partial charge on any atom is -0.395 e. The molecule has 0 unspecified atom stereocenters. The van der Waals surface area contributed by atoms with Crippen molar-refractivity contribution in [3.8, 4) is 0 Å². The highest BCUT2D eigenvalue weighted by atomic mass is 16.3. The first kappa shape index (κ1) is 12.9. The molecule has 0 aliphatic carbocycles. The van der Waals surface area contributed by atoms with Crippen LogP contribution in [-0.4, -0.2) is 36.2 Å². The summed E-state index contributed by atoms with van der Waals surface area (Å²) < 4.78 is 0. The van der Waals surface area contributed by atoms with Crippen LogP contribution in [0.2, 0.25) is 0 Å². The molecule has 0 aromatic carbocycles. The van der Waals surface area contributed by atoms with Crippen molar-refractivity contribution in [3.05, 3.63) is 0 Å². The van der Waals surface area contributed by atoms with Crippen LogP contribution in [0.4, 0.5) is 4.79 Å². The fraction of sp³-hybridized carbons (Fsp3) is 0.750. The van der Waals surface area contributed by atoms with Crippen LogP contribution in [0.25, 0.3) is 0 Å². The fourth-order valence-corrected chi connectivity index (χ4v) is 0.916. The van der Waals surface area contributed by atoms with Gasteiger partial charge in [0.25, 0.3) is 0 Å². The number of hydrogen-bond acceptors (Lipinski definition) is 4. The van der Waals surface area contributed by atoms with Gasteiger partial charge >= 0.3 is 6.03 Å². The number of rotatable bonds is 5. The summed E-state index contributed by atoms with van der Waals surface area (Å²) in [5.74, 6) is -0.294. The summed E-state index contributed by atoms with van der Waals surface area (Å²) >= 11 is 0. The number of aliphatic hydroxyl groups excluding tert-OH is 1. The summed E-state index contributed by atoms with van der Waals surface area (Å²) in [6.45, 7) is 3.74. The molecule has 0 spiro atoms. The van der Waals surface area contributed by atoms with Crippen LogP contribution in [0.5, 0.6) is 0 Å². The lowest BCUT2D eigenvalue weighted by Crippen LogP contribution is -2.45. The largest absolute Gasteiger partial charge is 0.395 e. The zero-order valence-corrected chi connectivity index (χ0v) is 8.41. The maximum Gasteiger partial charge on any atom is 0.318 e. The number of amides is 3. The van der Waals surface area contributed by atoms with E-state index in [-0.39, 0.29) is 25.1 Å². The van der Waals surface area contributed by atoms with Gasteiger partial charge in [-0.1, -0.05) is 13.8 Å². The maximum absolute atomic E-state index is 10.9. The van der Waals surface area contributed by atoms with Gasteiger partial charge in [0.1, 0.15) is 0 Å². The maximum atomic E-state index is 10.9. The van der Waals surface area contributed by atoms with Gasteiger partial charge in [0.2, 0.25) is 5.91 Å². The molecule has 0 radical (unpaired) electrons. The van der Waals surface area contributed by atoms with E-state index in [0.29, 0.717) is 0 Å². The molecule has 0 aliphatic rings. The van der Waals surface area contributed by atoms with Crippen molar-refractivity contribution >= 4 is 11.9 Å². The molecular weight excluding hydrogens is 186 g/mol. The zero-order chi connectivity index (χ0) is 11.1. The lowest BCUT2D eigenvalue weighted by Gasteiger charge is -2.19. The third-order valence-corrected chi connectivity index (χ3v) is 1.79. The number of carbonyl (C=O) groups excluding carboxylic acids is 2. The molecule has 0 saturated carbocycles. The molecule has 14 heavy (non-hydrogen) atoms. The topological polar surface area (TPSA) is 104 Å². The van der Waals surface area contributed by atoms with Gasteiger partial charge in [-0.25, -0.2) is 4.79 Å². The van der Waals surface area contributed by atoms with Crippen molar-refractivity contribution in [3.63, 3.8) is 0 Å². The van der Waals surface area contributed by atoms with E-state index < -0.39 is 11.9 Å². The van der Waals surface area contributed by atoms with Gasteiger partial charge in [-0.2, -0.15) is 0 Å².